The number of fused-ring (bicyclic) bond motifs is 1. The molecule has 2 amide bonds. The number of carbonyl (C=O) groups excluding carboxylic acids is 1. The SMILES string of the molecule is O=C(NCCCP(=O)(OO)OO)Nc1cccc2ccccc12. The van der Waals surface area contributed by atoms with Gasteiger partial charge in [0.25, 0.3) is 0 Å². The Labute approximate surface area is 132 Å². The van der Waals surface area contributed by atoms with Crippen molar-refractivity contribution < 1.29 is 29.2 Å². The highest BCUT2D eigenvalue weighted by atomic mass is 31.2. The maximum absolute atomic E-state index is 11.9. The molecule has 2 aromatic carbocycles. The van der Waals surface area contributed by atoms with Crippen LogP contribution >= 0.6 is 7.60 Å². The van der Waals surface area contributed by atoms with E-state index in [4.69, 9.17) is 10.5 Å². The summed E-state index contributed by atoms with van der Waals surface area (Å²) in [7, 11) is -3.90. The van der Waals surface area contributed by atoms with E-state index in [0.29, 0.717) is 5.69 Å². The fraction of sp³-hybridized carbons (Fsp3) is 0.214. The van der Waals surface area contributed by atoms with Crippen LogP contribution in [0.1, 0.15) is 6.42 Å². The number of hydrogen-bond acceptors (Lipinski definition) is 6. The van der Waals surface area contributed by atoms with Gasteiger partial charge in [0, 0.05) is 11.9 Å². The van der Waals surface area contributed by atoms with Crippen molar-refractivity contribution >= 4 is 30.1 Å². The van der Waals surface area contributed by atoms with Crippen molar-refractivity contribution in [2.45, 2.75) is 6.42 Å². The van der Waals surface area contributed by atoms with Crippen LogP contribution in [0.25, 0.3) is 10.8 Å². The Hall–Kier alpha value is -1.96. The van der Waals surface area contributed by atoms with E-state index in [1.165, 1.54) is 0 Å². The van der Waals surface area contributed by atoms with Crippen LogP contribution in [-0.2, 0) is 13.9 Å². The predicted octanol–water partition coefficient (Wildman–Crippen LogP) is 3.52. The van der Waals surface area contributed by atoms with Crippen LogP contribution in [0.4, 0.5) is 10.5 Å². The first-order valence-corrected chi connectivity index (χ1v) is 8.59. The Kier molecular flexibility index (Phi) is 6.09. The van der Waals surface area contributed by atoms with E-state index in [2.05, 4.69) is 20.0 Å². The molecule has 0 aliphatic carbocycles. The molecule has 0 saturated carbocycles. The van der Waals surface area contributed by atoms with Gasteiger partial charge in [-0.3, -0.25) is 4.57 Å². The van der Waals surface area contributed by atoms with Gasteiger partial charge in [-0.1, -0.05) is 36.4 Å². The molecule has 0 heterocycles. The van der Waals surface area contributed by atoms with Crippen LogP contribution in [0.15, 0.2) is 42.5 Å². The van der Waals surface area contributed by atoms with Crippen molar-refractivity contribution in [3.05, 3.63) is 42.5 Å². The van der Waals surface area contributed by atoms with Gasteiger partial charge in [0.15, 0.2) is 0 Å². The summed E-state index contributed by atoms with van der Waals surface area (Å²) in [5.74, 6) is 0. The fourth-order valence-electron chi connectivity index (χ4n) is 2.07. The van der Waals surface area contributed by atoms with Crippen molar-refractivity contribution in [2.75, 3.05) is 18.0 Å². The molecule has 0 aliphatic heterocycles. The van der Waals surface area contributed by atoms with Gasteiger partial charge in [0.2, 0.25) is 0 Å². The smallest absolute Gasteiger partial charge is 0.338 e. The molecule has 124 valence electrons. The zero-order chi connectivity index (χ0) is 16.7. The van der Waals surface area contributed by atoms with Crippen molar-refractivity contribution in [1.82, 2.24) is 5.32 Å². The molecule has 0 bridgehead atoms. The first-order valence-electron chi connectivity index (χ1n) is 6.86. The third kappa shape index (κ3) is 4.75. The lowest BCUT2D eigenvalue weighted by Gasteiger charge is -2.11. The number of anilines is 1. The Morgan fingerprint density at radius 1 is 1.09 bits per heavy atom. The maximum atomic E-state index is 11.9. The van der Waals surface area contributed by atoms with Crippen LogP contribution in [-0.4, -0.2) is 29.3 Å². The van der Waals surface area contributed by atoms with E-state index in [0.717, 1.165) is 10.8 Å². The second-order valence-electron chi connectivity index (χ2n) is 4.76. The topological polar surface area (TPSA) is 117 Å². The molecule has 0 spiro atoms. The summed E-state index contributed by atoms with van der Waals surface area (Å²) in [5.41, 5.74) is 0.670. The van der Waals surface area contributed by atoms with Crippen LogP contribution in [0.3, 0.4) is 0 Å². The van der Waals surface area contributed by atoms with Crippen molar-refractivity contribution in [2.24, 2.45) is 0 Å². The van der Waals surface area contributed by atoms with Crippen LogP contribution < -0.4 is 10.6 Å². The summed E-state index contributed by atoms with van der Waals surface area (Å²) in [5, 5.41) is 23.9. The Morgan fingerprint density at radius 3 is 2.52 bits per heavy atom. The molecular formula is C14H17N2O6P. The van der Waals surface area contributed by atoms with E-state index < -0.39 is 13.6 Å². The Balaban J connectivity index is 1.86. The number of hydrogen-bond donors (Lipinski definition) is 4. The van der Waals surface area contributed by atoms with Gasteiger partial charge >= 0.3 is 13.6 Å². The van der Waals surface area contributed by atoms with E-state index in [-0.39, 0.29) is 19.1 Å². The molecule has 0 atom stereocenters. The number of urea groups is 1. The van der Waals surface area contributed by atoms with Crippen LogP contribution in [0.5, 0.6) is 0 Å². The van der Waals surface area contributed by atoms with Gasteiger partial charge in [-0.15, -0.1) is 0 Å². The second-order valence-corrected chi connectivity index (χ2v) is 6.75. The summed E-state index contributed by atoms with van der Waals surface area (Å²) in [6, 6.07) is 12.8. The summed E-state index contributed by atoms with van der Waals surface area (Å²) >= 11 is 0. The van der Waals surface area contributed by atoms with Gasteiger partial charge in [-0.2, -0.15) is 9.35 Å². The van der Waals surface area contributed by atoms with E-state index in [1.54, 1.807) is 6.07 Å². The Morgan fingerprint density at radius 2 is 1.78 bits per heavy atom. The molecule has 0 fully saturated rings. The average Bonchev–Trinajstić information content (AvgIpc) is 2.59. The number of benzene rings is 2. The van der Waals surface area contributed by atoms with Gasteiger partial charge in [0.05, 0.1) is 11.8 Å². The van der Waals surface area contributed by atoms with Crippen LogP contribution in [0, 0.1) is 0 Å². The molecule has 0 aliphatic rings. The molecule has 0 saturated heterocycles. The molecule has 9 heteroatoms. The highest BCUT2D eigenvalue weighted by Crippen LogP contribution is 2.46. The van der Waals surface area contributed by atoms with E-state index >= 15 is 0 Å². The highest BCUT2D eigenvalue weighted by molar-refractivity contribution is 7.53. The normalized spacial score (nSPS) is 11.4. The quantitative estimate of drug-likeness (QED) is 0.265. The molecule has 2 rings (SSSR count). The summed E-state index contributed by atoms with van der Waals surface area (Å²) < 4.78 is 18.5. The lowest BCUT2D eigenvalue weighted by molar-refractivity contribution is -0.208. The molecule has 0 radical (unpaired) electrons. The lowest BCUT2D eigenvalue weighted by Crippen LogP contribution is -2.30. The fourth-order valence-corrected chi connectivity index (χ4v) is 2.81. The number of carbonyl (C=O) groups is 1. The average molecular weight is 340 g/mol. The molecule has 0 aromatic heterocycles. The summed E-state index contributed by atoms with van der Waals surface area (Å²) in [6.45, 7) is 0.160. The second kappa shape index (κ2) is 8.05. The van der Waals surface area contributed by atoms with Gasteiger partial charge in [0.1, 0.15) is 0 Å². The monoisotopic (exact) mass is 340 g/mol. The number of nitrogens with one attached hydrogen (secondary N) is 2. The molecule has 23 heavy (non-hydrogen) atoms. The predicted molar refractivity (Wildman–Crippen MR) is 85.5 cm³/mol. The first-order chi connectivity index (χ1) is 11.1. The van der Waals surface area contributed by atoms with Crippen molar-refractivity contribution in [3.63, 3.8) is 0 Å². The van der Waals surface area contributed by atoms with Gasteiger partial charge in [-0.05, 0) is 17.9 Å². The summed E-state index contributed by atoms with van der Waals surface area (Å²) in [6.07, 6.45) is -0.0596. The van der Waals surface area contributed by atoms with E-state index in [9.17, 15) is 9.36 Å². The number of rotatable bonds is 7. The minimum absolute atomic E-state index is 0.160. The Bertz CT molecular complexity index is 710. The molecule has 0 unspecified atom stereocenters. The van der Waals surface area contributed by atoms with Crippen molar-refractivity contribution in [3.8, 4) is 0 Å². The van der Waals surface area contributed by atoms with Crippen LogP contribution in [0.2, 0.25) is 0 Å². The van der Waals surface area contributed by atoms with Gasteiger partial charge < -0.3 is 10.6 Å². The molecule has 4 N–H and O–H groups in total. The molecule has 8 nitrogen and oxygen atoms in total. The maximum Gasteiger partial charge on any atom is 0.383 e. The molecular weight excluding hydrogens is 323 g/mol. The van der Waals surface area contributed by atoms with Crippen molar-refractivity contribution in [1.29, 1.82) is 0 Å². The summed E-state index contributed by atoms with van der Waals surface area (Å²) in [4.78, 5) is 11.9. The van der Waals surface area contributed by atoms with Gasteiger partial charge in [-0.25, -0.2) is 15.3 Å². The minimum Gasteiger partial charge on any atom is -0.338 e. The zero-order valence-electron chi connectivity index (χ0n) is 12.1. The third-order valence-corrected chi connectivity index (χ3v) is 4.54. The lowest BCUT2D eigenvalue weighted by atomic mass is 10.1. The molecule has 2 aromatic rings. The number of amides is 2. The van der Waals surface area contributed by atoms with E-state index in [1.807, 2.05) is 36.4 Å². The third-order valence-electron chi connectivity index (χ3n) is 3.18. The standard InChI is InChI=1S/C14H17N2O6P/c17-14(15-9-4-10-23(20,21-18)22-19)16-13-8-3-6-11-5-1-2-7-12(11)13/h1-3,5-8,18-19H,4,9-10H2,(H2,15,16,17). The highest BCUT2D eigenvalue weighted by Gasteiger charge is 2.24. The first kappa shape index (κ1) is 17.4. The minimum atomic E-state index is -3.90. The zero-order valence-corrected chi connectivity index (χ0v) is 13.0. The largest absolute Gasteiger partial charge is 0.383 e.